The average molecular weight is 268 g/mol. The summed E-state index contributed by atoms with van der Waals surface area (Å²) in [5, 5.41) is 3.01. The number of carbonyl (C=O) groups excluding carboxylic acids is 1. The second-order valence-corrected chi connectivity index (χ2v) is 5.91. The highest BCUT2D eigenvalue weighted by atomic mass is 35.5. The minimum Gasteiger partial charge on any atom is -0.352 e. The highest BCUT2D eigenvalue weighted by molar-refractivity contribution is 6.18. The molecule has 100 valence electrons. The van der Waals surface area contributed by atoms with Crippen molar-refractivity contribution in [2.75, 3.05) is 5.88 Å². The third-order valence-corrected chi connectivity index (χ3v) is 3.20. The fourth-order valence-corrected chi connectivity index (χ4v) is 1.81. The van der Waals surface area contributed by atoms with E-state index in [-0.39, 0.29) is 17.4 Å². The summed E-state index contributed by atoms with van der Waals surface area (Å²) in [6.07, 6.45) is 1.80. The van der Waals surface area contributed by atoms with Crippen LogP contribution in [0.1, 0.15) is 32.8 Å². The van der Waals surface area contributed by atoms with Crippen LogP contribution in [-0.2, 0) is 11.2 Å². The molecule has 0 aliphatic heterocycles. The SMILES string of the molecule is CC(C)(C)C(=O)NC(CCl)CCc1ccccc1. The number of benzene rings is 1. The van der Waals surface area contributed by atoms with E-state index in [9.17, 15) is 4.79 Å². The number of halogens is 1. The second kappa shape index (κ2) is 6.79. The van der Waals surface area contributed by atoms with Gasteiger partial charge in [-0.15, -0.1) is 11.6 Å². The summed E-state index contributed by atoms with van der Waals surface area (Å²) in [5.74, 6) is 0.510. The van der Waals surface area contributed by atoms with Gasteiger partial charge in [0.15, 0.2) is 0 Å². The molecule has 0 saturated carbocycles. The van der Waals surface area contributed by atoms with Crippen LogP contribution in [0.4, 0.5) is 0 Å². The van der Waals surface area contributed by atoms with Crippen molar-refractivity contribution >= 4 is 17.5 Å². The molecule has 1 unspecified atom stereocenters. The van der Waals surface area contributed by atoms with E-state index in [2.05, 4.69) is 17.4 Å². The van der Waals surface area contributed by atoms with E-state index < -0.39 is 0 Å². The van der Waals surface area contributed by atoms with Gasteiger partial charge in [0.2, 0.25) is 5.91 Å². The van der Waals surface area contributed by atoms with Crippen molar-refractivity contribution in [1.82, 2.24) is 5.32 Å². The van der Waals surface area contributed by atoms with Crippen LogP contribution in [0.25, 0.3) is 0 Å². The quantitative estimate of drug-likeness (QED) is 0.814. The van der Waals surface area contributed by atoms with Gasteiger partial charge in [0.1, 0.15) is 0 Å². The molecule has 0 aliphatic carbocycles. The van der Waals surface area contributed by atoms with Gasteiger partial charge in [0, 0.05) is 17.3 Å². The molecule has 3 heteroatoms. The van der Waals surface area contributed by atoms with Crippen molar-refractivity contribution in [3.05, 3.63) is 35.9 Å². The van der Waals surface area contributed by atoms with Crippen LogP contribution in [-0.4, -0.2) is 17.8 Å². The molecule has 0 saturated heterocycles. The molecule has 1 rings (SSSR count). The van der Waals surface area contributed by atoms with Gasteiger partial charge in [-0.25, -0.2) is 0 Å². The van der Waals surface area contributed by atoms with E-state index in [1.54, 1.807) is 0 Å². The number of rotatable bonds is 5. The lowest BCUT2D eigenvalue weighted by Gasteiger charge is -2.23. The molecule has 2 nitrogen and oxygen atoms in total. The molecule has 0 bridgehead atoms. The third kappa shape index (κ3) is 5.09. The molecule has 1 amide bonds. The summed E-state index contributed by atoms with van der Waals surface area (Å²) in [5.41, 5.74) is 0.912. The van der Waals surface area contributed by atoms with Crippen LogP contribution in [0.2, 0.25) is 0 Å². The zero-order valence-corrected chi connectivity index (χ0v) is 12.1. The van der Waals surface area contributed by atoms with E-state index in [0.717, 1.165) is 12.8 Å². The summed E-state index contributed by atoms with van der Waals surface area (Å²) in [6.45, 7) is 5.72. The van der Waals surface area contributed by atoms with Gasteiger partial charge in [-0.05, 0) is 18.4 Å². The van der Waals surface area contributed by atoms with Crippen LogP contribution >= 0.6 is 11.6 Å². The normalized spacial score (nSPS) is 13.1. The van der Waals surface area contributed by atoms with Crippen LogP contribution in [0.3, 0.4) is 0 Å². The molecule has 18 heavy (non-hydrogen) atoms. The zero-order chi connectivity index (χ0) is 13.6. The molecular formula is C15H22ClNO. The highest BCUT2D eigenvalue weighted by Crippen LogP contribution is 2.14. The van der Waals surface area contributed by atoms with E-state index in [4.69, 9.17) is 11.6 Å². The maximum Gasteiger partial charge on any atom is 0.225 e. The molecule has 0 aliphatic rings. The number of hydrogen-bond donors (Lipinski definition) is 1. The molecular weight excluding hydrogens is 246 g/mol. The van der Waals surface area contributed by atoms with E-state index >= 15 is 0 Å². The summed E-state index contributed by atoms with van der Waals surface area (Å²) in [6, 6.07) is 10.3. The van der Waals surface area contributed by atoms with Crippen molar-refractivity contribution in [3.8, 4) is 0 Å². The summed E-state index contributed by atoms with van der Waals surface area (Å²) in [4.78, 5) is 11.9. The van der Waals surface area contributed by atoms with Crippen molar-refractivity contribution in [2.45, 2.75) is 39.7 Å². The van der Waals surface area contributed by atoms with Crippen molar-refractivity contribution in [1.29, 1.82) is 0 Å². The maximum absolute atomic E-state index is 11.9. The molecule has 0 radical (unpaired) electrons. The Morgan fingerprint density at radius 1 is 1.28 bits per heavy atom. The minimum absolute atomic E-state index is 0.0404. The smallest absolute Gasteiger partial charge is 0.225 e. The predicted molar refractivity (Wildman–Crippen MR) is 76.9 cm³/mol. The minimum atomic E-state index is -0.364. The fraction of sp³-hybridized carbons (Fsp3) is 0.533. The number of hydrogen-bond acceptors (Lipinski definition) is 1. The Kier molecular flexibility index (Phi) is 5.67. The molecule has 0 aromatic heterocycles. The summed E-state index contributed by atoms with van der Waals surface area (Å²) < 4.78 is 0. The monoisotopic (exact) mass is 267 g/mol. The van der Waals surface area contributed by atoms with E-state index in [0.29, 0.717) is 5.88 Å². The van der Waals surface area contributed by atoms with Crippen LogP contribution < -0.4 is 5.32 Å². The van der Waals surface area contributed by atoms with Crippen LogP contribution in [0.15, 0.2) is 30.3 Å². The molecule has 0 heterocycles. The molecule has 1 aromatic carbocycles. The lowest BCUT2D eigenvalue weighted by molar-refractivity contribution is -0.129. The standard InChI is InChI=1S/C15H22ClNO/c1-15(2,3)14(18)17-13(11-16)10-9-12-7-5-4-6-8-12/h4-8,13H,9-11H2,1-3H3,(H,17,18). The Morgan fingerprint density at radius 2 is 1.89 bits per heavy atom. The Labute approximate surface area is 115 Å². The zero-order valence-electron chi connectivity index (χ0n) is 11.4. The second-order valence-electron chi connectivity index (χ2n) is 5.60. The van der Waals surface area contributed by atoms with Crippen molar-refractivity contribution in [3.63, 3.8) is 0 Å². The van der Waals surface area contributed by atoms with Crippen molar-refractivity contribution < 1.29 is 4.79 Å². The first kappa shape index (κ1) is 15.0. The predicted octanol–water partition coefficient (Wildman–Crippen LogP) is 3.39. The van der Waals surface area contributed by atoms with E-state index in [1.807, 2.05) is 39.0 Å². The fourth-order valence-electron chi connectivity index (χ4n) is 1.58. The summed E-state index contributed by atoms with van der Waals surface area (Å²) >= 11 is 5.91. The molecule has 1 atom stereocenters. The highest BCUT2D eigenvalue weighted by Gasteiger charge is 2.23. The molecule has 0 fully saturated rings. The molecule has 0 spiro atoms. The molecule has 1 aromatic rings. The lowest BCUT2D eigenvalue weighted by Crippen LogP contribution is -2.42. The Hall–Kier alpha value is -1.02. The van der Waals surface area contributed by atoms with Crippen LogP contribution in [0, 0.1) is 5.41 Å². The van der Waals surface area contributed by atoms with Crippen LogP contribution in [0.5, 0.6) is 0 Å². The number of amides is 1. The Morgan fingerprint density at radius 3 is 2.39 bits per heavy atom. The van der Waals surface area contributed by atoms with E-state index in [1.165, 1.54) is 5.56 Å². The Balaban J connectivity index is 2.46. The molecule has 1 N–H and O–H groups in total. The van der Waals surface area contributed by atoms with Gasteiger partial charge in [-0.1, -0.05) is 51.1 Å². The van der Waals surface area contributed by atoms with Gasteiger partial charge in [-0.2, -0.15) is 0 Å². The first-order valence-electron chi connectivity index (χ1n) is 6.34. The lowest BCUT2D eigenvalue weighted by atomic mass is 9.95. The first-order valence-corrected chi connectivity index (χ1v) is 6.88. The number of aryl methyl sites for hydroxylation is 1. The summed E-state index contributed by atoms with van der Waals surface area (Å²) in [7, 11) is 0. The van der Waals surface area contributed by atoms with Gasteiger partial charge >= 0.3 is 0 Å². The number of alkyl halides is 1. The maximum atomic E-state index is 11.9. The Bertz CT molecular complexity index is 370. The number of carbonyl (C=O) groups is 1. The third-order valence-electron chi connectivity index (χ3n) is 2.83. The van der Waals surface area contributed by atoms with Gasteiger partial charge in [0.05, 0.1) is 0 Å². The topological polar surface area (TPSA) is 29.1 Å². The number of nitrogens with one attached hydrogen (secondary N) is 1. The van der Waals surface area contributed by atoms with Gasteiger partial charge < -0.3 is 5.32 Å². The first-order chi connectivity index (χ1) is 8.43. The largest absolute Gasteiger partial charge is 0.352 e. The average Bonchev–Trinajstić information content (AvgIpc) is 2.34. The van der Waals surface area contributed by atoms with Crippen molar-refractivity contribution in [2.24, 2.45) is 5.41 Å². The van der Waals surface area contributed by atoms with Gasteiger partial charge in [0.25, 0.3) is 0 Å². The van der Waals surface area contributed by atoms with Gasteiger partial charge in [-0.3, -0.25) is 4.79 Å².